The first kappa shape index (κ1) is 18.9. The predicted octanol–water partition coefficient (Wildman–Crippen LogP) is 3.04. The molecular weight excluding hydrogens is 349 g/mol. The number of carbonyl (C=O) groups excluding carboxylic acids is 2. The molecule has 6 nitrogen and oxygen atoms in total. The molecule has 0 bridgehead atoms. The van der Waals surface area contributed by atoms with Crippen molar-refractivity contribution in [3.05, 3.63) is 46.5 Å². The molecule has 0 radical (unpaired) electrons. The van der Waals surface area contributed by atoms with Gasteiger partial charge in [-0.25, -0.2) is 13.9 Å². The lowest BCUT2D eigenvalue weighted by molar-refractivity contribution is -0.124. The highest BCUT2D eigenvalue weighted by atomic mass is 35.5. The lowest BCUT2D eigenvalue weighted by Gasteiger charge is -2.11. The highest BCUT2D eigenvalue weighted by molar-refractivity contribution is 6.33. The van der Waals surface area contributed by atoms with Crippen LogP contribution in [-0.2, 0) is 9.53 Å². The van der Waals surface area contributed by atoms with Crippen LogP contribution >= 0.6 is 11.6 Å². The molecule has 1 N–H and O–H groups in total. The van der Waals surface area contributed by atoms with Gasteiger partial charge in [-0.3, -0.25) is 4.79 Å². The minimum atomic E-state index is -0.741. The molecule has 1 heterocycles. The summed E-state index contributed by atoms with van der Waals surface area (Å²) in [5.74, 6) is -1.52. The van der Waals surface area contributed by atoms with E-state index in [1.807, 2.05) is 13.8 Å². The van der Waals surface area contributed by atoms with Gasteiger partial charge < -0.3 is 10.1 Å². The van der Waals surface area contributed by atoms with Gasteiger partial charge in [-0.1, -0.05) is 18.5 Å². The van der Waals surface area contributed by atoms with Crippen LogP contribution in [0.25, 0.3) is 5.69 Å². The van der Waals surface area contributed by atoms with E-state index in [0.29, 0.717) is 11.4 Å². The van der Waals surface area contributed by atoms with Crippen LogP contribution in [0.15, 0.2) is 24.3 Å². The maximum Gasteiger partial charge on any atom is 0.343 e. The molecule has 2 rings (SSSR count). The molecule has 0 aliphatic rings. The molecule has 0 saturated carbocycles. The molecule has 25 heavy (non-hydrogen) atoms. The predicted molar refractivity (Wildman–Crippen MR) is 91.4 cm³/mol. The lowest BCUT2D eigenvalue weighted by Crippen LogP contribution is -2.35. The monoisotopic (exact) mass is 367 g/mol. The largest absolute Gasteiger partial charge is 0.452 e. The minimum Gasteiger partial charge on any atom is -0.452 e. The standard InChI is InChI=1S/C17H19ClFN3O3/c1-4-10(2)20-14(23)9-25-17(24)15-11(3)21-22(16(15)18)13-7-5-12(19)6-8-13/h5-8,10H,4,9H2,1-3H3,(H,20,23)/t10-/m0/s1. The van der Waals surface area contributed by atoms with E-state index in [0.717, 1.165) is 6.42 Å². The van der Waals surface area contributed by atoms with E-state index in [2.05, 4.69) is 10.4 Å². The lowest BCUT2D eigenvalue weighted by atomic mass is 10.2. The summed E-state index contributed by atoms with van der Waals surface area (Å²) in [6.07, 6.45) is 0.773. The van der Waals surface area contributed by atoms with E-state index in [1.165, 1.54) is 28.9 Å². The Morgan fingerprint density at radius 2 is 2.00 bits per heavy atom. The summed E-state index contributed by atoms with van der Waals surface area (Å²) in [5.41, 5.74) is 0.923. The Bertz CT molecular complexity index is 774. The van der Waals surface area contributed by atoms with Gasteiger partial charge in [0.05, 0.1) is 11.4 Å². The molecule has 0 aliphatic heterocycles. The fourth-order valence-corrected chi connectivity index (χ4v) is 2.46. The van der Waals surface area contributed by atoms with Crippen LogP contribution in [-0.4, -0.2) is 34.3 Å². The number of halogens is 2. The molecule has 2 aromatic rings. The highest BCUT2D eigenvalue weighted by Gasteiger charge is 2.23. The first-order valence-corrected chi connectivity index (χ1v) is 8.18. The molecule has 0 unspecified atom stereocenters. The molecule has 1 aromatic carbocycles. The second-order valence-corrected chi connectivity index (χ2v) is 5.95. The van der Waals surface area contributed by atoms with Gasteiger partial charge >= 0.3 is 5.97 Å². The van der Waals surface area contributed by atoms with E-state index in [4.69, 9.17) is 16.3 Å². The third-order valence-corrected chi connectivity index (χ3v) is 3.98. The highest BCUT2D eigenvalue weighted by Crippen LogP contribution is 2.24. The number of aromatic nitrogens is 2. The maximum absolute atomic E-state index is 13.0. The molecule has 8 heteroatoms. The van der Waals surface area contributed by atoms with E-state index in [1.54, 1.807) is 6.92 Å². The van der Waals surface area contributed by atoms with Crippen molar-refractivity contribution in [1.82, 2.24) is 15.1 Å². The fourth-order valence-electron chi connectivity index (χ4n) is 2.11. The van der Waals surface area contributed by atoms with Gasteiger partial charge in [-0.05, 0) is 44.5 Å². The van der Waals surface area contributed by atoms with Gasteiger partial charge in [0.25, 0.3) is 5.91 Å². The van der Waals surface area contributed by atoms with E-state index in [-0.39, 0.29) is 22.7 Å². The Kier molecular flexibility index (Phi) is 6.14. The maximum atomic E-state index is 13.0. The van der Waals surface area contributed by atoms with Gasteiger partial charge in [-0.2, -0.15) is 5.10 Å². The first-order chi connectivity index (χ1) is 11.8. The number of aryl methyl sites for hydroxylation is 1. The summed E-state index contributed by atoms with van der Waals surface area (Å²) >= 11 is 6.23. The molecule has 1 amide bonds. The van der Waals surface area contributed by atoms with Crippen molar-refractivity contribution in [2.75, 3.05) is 6.61 Å². The summed E-state index contributed by atoms with van der Waals surface area (Å²) in [6, 6.07) is 5.50. The van der Waals surface area contributed by atoms with Crippen molar-refractivity contribution < 1.29 is 18.7 Å². The third-order valence-electron chi connectivity index (χ3n) is 3.63. The smallest absolute Gasteiger partial charge is 0.343 e. The Balaban J connectivity index is 2.13. The number of rotatable bonds is 6. The summed E-state index contributed by atoms with van der Waals surface area (Å²) in [6.45, 7) is 4.99. The number of hydrogen-bond acceptors (Lipinski definition) is 4. The minimum absolute atomic E-state index is 0.00208. The van der Waals surface area contributed by atoms with Crippen LogP contribution in [0.5, 0.6) is 0 Å². The van der Waals surface area contributed by atoms with Crippen molar-refractivity contribution in [2.45, 2.75) is 33.2 Å². The van der Waals surface area contributed by atoms with Crippen molar-refractivity contribution in [2.24, 2.45) is 0 Å². The van der Waals surface area contributed by atoms with Crippen molar-refractivity contribution in [3.8, 4) is 5.69 Å². The quantitative estimate of drug-likeness (QED) is 0.796. The number of ether oxygens (including phenoxy) is 1. The second kappa shape index (κ2) is 8.11. The molecule has 134 valence electrons. The van der Waals surface area contributed by atoms with Crippen molar-refractivity contribution in [3.63, 3.8) is 0 Å². The average Bonchev–Trinajstić information content (AvgIpc) is 2.88. The zero-order chi connectivity index (χ0) is 18.6. The molecule has 0 fully saturated rings. The molecule has 0 saturated heterocycles. The number of amides is 1. The van der Waals surface area contributed by atoms with Crippen LogP contribution in [0, 0.1) is 12.7 Å². The van der Waals surface area contributed by atoms with E-state index < -0.39 is 18.4 Å². The topological polar surface area (TPSA) is 73.2 Å². The van der Waals surface area contributed by atoms with Gasteiger partial charge in [0.15, 0.2) is 6.61 Å². The summed E-state index contributed by atoms with van der Waals surface area (Å²) < 4.78 is 19.4. The summed E-state index contributed by atoms with van der Waals surface area (Å²) in [7, 11) is 0. The number of hydrogen-bond donors (Lipinski definition) is 1. The number of esters is 1. The van der Waals surface area contributed by atoms with Crippen LogP contribution in [0.2, 0.25) is 5.15 Å². The van der Waals surface area contributed by atoms with Gasteiger partial charge in [0, 0.05) is 6.04 Å². The summed E-state index contributed by atoms with van der Waals surface area (Å²) in [4.78, 5) is 23.9. The van der Waals surface area contributed by atoms with Gasteiger partial charge in [0.2, 0.25) is 0 Å². The SMILES string of the molecule is CC[C@H](C)NC(=O)COC(=O)c1c(C)nn(-c2ccc(F)cc2)c1Cl. The number of benzene rings is 1. The molecule has 0 spiro atoms. The normalized spacial score (nSPS) is 11.9. The van der Waals surface area contributed by atoms with Crippen LogP contribution < -0.4 is 5.32 Å². The van der Waals surface area contributed by atoms with Crippen LogP contribution in [0.3, 0.4) is 0 Å². The van der Waals surface area contributed by atoms with Crippen LogP contribution in [0.1, 0.15) is 36.3 Å². The average molecular weight is 368 g/mol. The van der Waals surface area contributed by atoms with E-state index in [9.17, 15) is 14.0 Å². The molecule has 0 aliphatic carbocycles. The Morgan fingerprint density at radius 1 is 1.36 bits per heavy atom. The molecule has 1 aromatic heterocycles. The van der Waals surface area contributed by atoms with Crippen LogP contribution in [0.4, 0.5) is 4.39 Å². The first-order valence-electron chi connectivity index (χ1n) is 7.81. The Morgan fingerprint density at radius 3 is 2.60 bits per heavy atom. The fraction of sp³-hybridized carbons (Fsp3) is 0.353. The number of nitrogens with one attached hydrogen (secondary N) is 1. The summed E-state index contributed by atoms with van der Waals surface area (Å²) in [5, 5.41) is 6.92. The van der Waals surface area contributed by atoms with Gasteiger partial charge in [-0.15, -0.1) is 0 Å². The number of carbonyl (C=O) groups is 2. The molecule has 1 atom stereocenters. The van der Waals surface area contributed by atoms with Gasteiger partial charge in [0.1, 0.15) is 16.5 Å². The van der Waals surface area contributed by atoms with E-state index >= 15 is 0 Å². The third kappa shape index (κ3) is 4.57. The number of nitrogens with zero attached hydrogens (tertiary/aromatic N) is 2. The second-order valence-electron chi connectivity index (χ2n) is 5.59. The zero-order valence-corrected chi connectivity index (χ0v) is 14.9. The Hall–Kier alpha value is -2.41. The van der Waals surface area contributed by atoms with Crippen molar-refractivity contribution in [1.29, 1.82) is 0 Å². The zero-order valence-electron chi connectivity index (χ0n) is 14.2. The Labute approximate surface area is 149 Å². The molecular formula is C17H19ClFN3O3. The van der Waals surface area contributed by atoms with Crippen molar-refractivity contribution >= 4 is 23.5 Å².